The van der Waals surface area contributed by atoms with E-state index in [1.165, 1.54) is 12.1 Å². The highest BCUT2D eigenvalue weighted by Gasteiger charge is 2.04. The summed E-state index contributed by atoms with van der Waals surface area (Å²) in [7, 11) is 0. The molecule has 3 N–H and O–H groups in total. The molecule has 0 spiro atoms. The molecule has 0 bridgehead atoms. The lowest BCUT2D eigenvalue weighted by molar-refractivity contribution is -0.119. The second kappa shape index (κ2) is 7.48. The first-order valence-corrected chi connectivity index (χ1v) is 6.33. The van der Waals surface area contributed by atoms with Gasteiger partial charge in [-0.25, -0.2) is 4.79 Å². The molecule has 0 unspecified atom stereocenters. The number of nitrogens with one attached hydrogen (secondary N) is 2. The summed E-state index contributed by atoms with van der Waals surface area (Å²) in [6.45, 7) is 2.35. The average Bonchev–Trinajstić information content (AvgIpc) is 2.37. The van der Waals surface area contributed by atoms with Crippen molar-refractivity contribution in [1.82, 2.24) is 10.6 Å². The molecular weight excluding hydrogens is 264 g/mol. The molecule has 5 nitrogen and oxygen atoms in total. The first kappa shape index (κ1) is 15.1. The average molecular weight is 280 g/mol. The Morgan fingerprint density at radius 3 is 2.42 bits per heavy atom. The van der Waals surface area contributed by atoms with Crippen LogP contribution < -0.4 is 10.6 Å². The molecule has 1 aromatic rings. The SMILES string of the molecule is CCCC(=O)NC(=S)NCc1ccc(C(=O)O)cc1. The van der Waals surface area contributed by atoms with E-state index in [9.17, 15) is 9.59 Å². The van der Waals surface area contributed by atoms with E-state index in [0.717, 1.165) is 12.0 Å². The van der Waals surface area contributed by atoms with Gasteiger partial charge in [0.05, 0.1) is 5.56 Å². The van der Waals surface area contributed by atoms with E-state index in [4.69, 9.17) is 17.3 Å². The fraction of sp³-hybridized carbons (Fsp3) is 0.308. The Hall–Kier alpha value is -1.95. The summed E-state index contributed by atoms with van der Waals surface area (Å²) in [6, 6.07) is 6.45. The molecule has 0 radical (unpaired) electrons. The Morgan fingerprint density at radius 1 is 1.26 bits per heavy atom. The van der Waals surface area contributed by atoms with Gasteiger partial charge in [-0.05, 0) is 36.3 Å². The van der Waals surface area contributed by atoms with Crippen LogP contribution in [-0.4, -0.2) is 22.1 Å². The zero-order valence-electron chi connectivity index (χ0n) is 10.6. The molecule has 0 aromatic heterocycles. The molecule has 102 valence electrons. The monoisotopic (exact) mass is 280 g/mol. The number of aromatic carboxylic acids is 1. The number of carbonyl (C=O) groups excluding carboxylic acids is 1. The van der Waals surface area contributed by atoms with Gasteiger partial charge >= 0.3 is 5.97 Å². The third kappa shape index (κ3) is 5.48. The van der Waals surface area contributed by atoms with Crippen LogP contribution in [-0.2, 0) is 11.3 Å². The third-order valence-corrected chi connectivity index (χ3v) is 2.63. The molecule has 6 heteroatoms. The van der Waals surface area contributed by atoms with Crippen molar-refractivity contribution in [2.45, 2.75) is 26.3 Å². The Labute approximate surface area is 117 Å². The Bertz CT molecular complexity index is 471. The van der Waals surface area contributed by atoms with Gasteiger partial charge in [-0.2, -0.15) is 0 Å². The predicted molar refractivity (Wildman–Crippen MR) is 75.9 cm³/mol. The molecule has 19 heavy (non-hydrogen) atoms. The third-order valence-electron chi connectivity index (χ3n) is 2.38. The molecule has 0 aliphatic carbocycles. The minimum absolute atomic E-state index is 0.110. The van der Waals surface area contributed by atoms with Gasteiger partial charge in [-0.3, -0.25) is 4.79 Å². The lowest BCUT2D eigenvalue weighted by Gasteiger charge is -2.09. The summed E-state index contributed by atoms with van der Waals surface area (Å²) in [5.74, 6) is -1.07. The first-order valence-electron chi connectivity index (χ1n) is 5.93. The van der Waals surface area contributed by atoms with Crippen LogP contribution in [0.1, 0.15) is 35.7 Å². The van der Waals surface area contributed by atoms with Crippen molar-refractivity contribution in [2.75, 3.05) is 0 Å². The molecule has 0 saturated heterocycles. The minimum Gasteiger partial charge on any atom is -0.478 e. The second-order valence-corrected chi connectivity index (χ2v) is 4.39. The fourth-order valence-electron chi connectivity index (χ4n) is 1.41. The quantitative estimate of drug-likeness (QED) is 0.715. The maximum absolute atomic E-state index is 11.3. The smallest absolute Gasteiger partial charge is 0.335 e. The van der Waals surface area contributed by atoms with Crippen LogP contribution in [0, 0.1) is 0 Å². The van der Waals surface area contributed by atoms with E-state index >= 15 is 0 Å². The summed E-state index contributed by atoms with van der Waals surface area (Å²) in [5.41, 5.74) is 1.12. The summed E-state index contributed by atoms with van der Waals surface area (Å²) in [5, 5.41) is 14.5. The largest absolute Gasteiger partial charge is 0.478 e. The molecule has 0 atom stereocenters. The number of rotatable bonds is 5. The molecule has 1 aromatic carbocycles. The standard InChI is InChI=1S/C13H16N2O3S/c1-2-3-11(16)15-13(19)14-8-9-4-6-10(7-5-9)12(17)18/h4-7H,2-3,8H2,1H3,(H,17,18)(H2,14,15,16,19). The van der Waals surface area contributed by atoms with Gasteiger partial charge in [0.15, 0.2) is 5.11 Å². The van der Waals surface area contributed by atoms with Crippen molar-refractivity contribution in [3.63, 3.8) is 0 Å². The number of carbonyl (C=O) groups is 2. The normalized spacial score (nSPS) is 9.74. The van der Waals surface area contributed by atoms with Gasteiger partial charge in [0.2, 0.25) is 5.91 Å². The van der Waals surface area contributed by atoms with Gasteiger partial charge in [-0.1, -0.05) is 19.1 Å². The number of hydrogen-bond donors (Lipinski definition) is 3. The van der Waals surface area contributed by atoms with Gasteiger partial charge < -0.3 is 15.7 Å². The number of carboxylic acids is 1. The second-order valence-electron chi connectivity index (χ2n) is 3.98. The van der Waals surface area contributed by atoms with E-state index in [0.29, 0.717) is 13.0 Å². The molecule has 1 amide bonds. The van der Waals surface area contributed by atoms with E-state index in [2.05, 4.69) is 10.6 Å². The maximum atomic E-state index is 11.3. The summed E-state index contributed by atoms with van der Waals surface area (Å²) in [4.78, 5) is 22.0. The fourth-order valence-corrected chi connectivity index (χ4v) is 1.59. The van der Waals surface area contributed by atoms with Crippen molar-refractivity contribution >= 4 is 29.2 Å². The number of thiocarbonyl (C=S) groups is 1. The van der Waals surface area contributed by atoms with Crippen LogP contribution in [0.4, 0.5) is 0 Å². The molecule has 0 aliphatic heterocycles. The summed E-state index contributed by atoms with van der Waals surface area (Å²) < 4.78 is 0. The van der Waals surface area contributed by atoms with E-state index < -0.39 is 5.97 Å². The van der Waals surface area contributed by atoms with E-state index in [1.807, 2.05) is 6.92 Å². The van der Waals surface area contributed by atoms with Gasteiger partial charge in [0.1, 0.15) is 0 Å². The van der Waals surface area contributed by atoms with Gasteiger partial charge in [0, 0.05) is 13.0 Å². The van der Waals surface area contributed by atoms with Crippen LogP contribution in [0.2, 0.25) is 0 Å². The number of carboxylic acid groups (broad SMARTS) is 1. The molecular formula is C13H16N2O3S. The highest BCUT2D eigenvalue weighted by atomic mass is 32.1. The van der Waals surface area contributed by atoms with Crippen LogP contribution in [0.25, 0.3) is 0 Å². The lowest BCUT2D eigenvalue weighted by Crippen LogP contribution is -2.38. The highest BCUT2D eigenvalue weighted by molar-refractivity contribution is 7.80. The van der Waals surface area contributed by atoms with Crippen molar-refractivity contribution in [3.8, 4) is 0 Å². The van der Waals surface area contributed by atoms with E-state index in [1.54, 1.807) is 12.1 Å². The van der Waals surface area contributed by atoms with Crippen LogP contribution in [0.3, 0.4) is 0 Å². The number of hydrogen-bond acceptors (Lipinski definition) is 3. The maximum Gasteiger partial charge on any atom is 0.335 e. The topological polar surface area (TPSA) is 78.4 Å². The molecule has 0 fully saturated rings. The van der Waals surface area contributed by atoms with Crippen LogP contribution >= 0.6 is 12.2 Å². The van der Waals surface area contributed by atoms with Crippen molar-refractivity contribution < 1.29 is 14.7 Å². The Morgan fingerprint density at radius 2 is 1.89 bits per heavy atom. The Balaban J connectivity index is 2.42. The van der Waals surface area contributed by atoms with Gasteiger partial charge in [-0.15, -0.1) is 0 Å². The predicted octanol–water partition coefficient (Wildman–Crippen LogP) is 1.68. The lowest BCUT2D eigenvalue weighted by atomic mass is 10.1. The first-order chi connectivity index (χ1) is 9.02. The van der Waals surface area contributed by atoms with Crippen molar-refractivity contribution in [3.05, 3.63) is 35.4 Å². The molecule has 0 saturated carbocycles. The number of benzene rings is 1. The minimum atomic E-state index is -0.957. The highest BCUT2D eigenvalue weighted by Crippen LogP contribution is 2.04. The Kier molecular flexibility index (Phi) is 5.95. The summed E-state index contributed by atoms with van der Waals surface area (Å²) in [6.07, 6.45) is 1.21. The molecule has 0 heterocycles. The van der Waals surface area contributed by atoms with Crippen LogP contribution in [0.15, 0.2) is 24.3 Å². The van der Waals surface area contributed by atoms with Gasteiger partial charge in [0.25, 0.3) is 0 Å². The molecule has 0 aliphatic rings. The van der Waals surface area contributed by atoms with Crippen LogP contribution in [0.5, 0.6) is 0 Å². The van der Waals surface area contributed by atoms with E-state index in [-0.39, 0.29) is 16.6 Å². The summed E-state index contributed by atoms with van der Waals surface area (Å²) >= 11 is 4.97. The van der Waals surface area contributed by atoms with Crippen molar-refractivity contribution in [2.24, 2.45) is 0 Å². The zero-order chi connectivity index (χ0) is 14.3. The van der Waals surface area contributed by atoms with Crippen molar-refractivity contribution in [1.29, 1.82) is 0 Å². The number of amides is 1. The zero-order valence-corrected chi connectivity index (χ0v) is 11.4. The molecule has 1 rings (SSSR count).